The summed E-state index contributed by atoms with van der Waals surface area (Å²) in [4.78, 5) is 2.24. The minimum absolute atomic E-state index is 0.00695. The number of sulfonamides is 1. The maximum Gasteiger partial charge on any atom is 0.211 e. The van der Waals surface area contributed by atoms with Crippen LogP contribution in [-0.2, 0) is 14.8 Å². The second-order valence-corrected chi connectivity index (χ2v) is 7.50. The number of hydrogen-bond donors (Lipinski definition) is 1. The number of nitrogens with zero attached hydrogens (tertiary/aromatic N) is 1. The molecule has 0 aliphatic carbocycles. The lowest BCUT2D eigenvalue weighted by Crippen LogP contribution is -2.44. The molecule has 0 saturated carbocycles. The van der Waals surface area contributed by atoms with Crippen LogP contribution in [0, 0.1) is 0 Å². The van der Waals surface area contributed by atoms with Gasteiger partial charge in [0, 0.05) is 30.7 Å². The normalized spacial score (nSPS) is 18.6. The molecule has 5 nitrogen and oxygen atoms in total. The van der Waals surface area contributed by atoms with Crippen LogP contribution in [-0.4, -0.2) is 51.9 Å². The van der Waals surface area contributed by atoms with Crippen molar-refractivity contribution in [3.05, 3.63) is 34.9 Å². The molecule has 1 atom stereocenters. The lowest BCUT2D eigenvalue weighted by Gasteiger charge is -2.34. The third-order valence-corrected chi connectivity index (χ3v) is 5.24. The third-order valence-electron chi connectivity index (χ3n) is 3.62. The molecule has 118 valence electrons. The first-order chi connectivity index (χ1) is 10.0. The zero-order chi connectivity index (χ0) is 15.3. The smallest absolute Gasteiger partial charge is 0.211 e. The van der Waals surface area contributed by atoms with Gasteiger partial charge in [-0.25, -0.2) is 13.1 Å². The van der Waals surface area contributed by atoms with Crippen molar-refractivity contribution in [3.8, 4) is 0 Å². The molecule has 0 bridgehead atoms. The van der Waals surface area contributed by atoms with Crippen molar-refractivity contribution in [3.63, 3.8) is 0 Å². The second kappa shape index (κ2) is 7.56. The van der Waals surface area contributed by atoms with Crippen molar-refractivity contribution in [2.75, 3.05) is 38.6 Å². The zero-order valence-corrected chi connectivity index (χ0v) is 13.7. The quantitative estimate of drug-likeness (QED) is 0.860. The van der Waals surface area contributed by atoms with E-state index in [1.54, 1.807) is 6.92 Å². The monoisotopic (exact) mass is 332 g/mol. The summed E-state index contributed by atoms with van der Waals surface area (Å²) >= 11 is 5.93. The molecule has 1 heterocycles. The SMILES string of the molecule is CCS(=O)(=O)NC[C@H](c1ccc(Cl)cc1)N1CCOCC1. The molecule has 1 N–H and O–H groups in total. The molecule has 7 heteroatoms. The second-order valence-electron chi connectivity index (χ2n) is 4.97. The molecule has 0 spiro atoms. The Morgan fingerprint density at radius 2 is 1.90 bits per heavy atom. The maximum absolute atomic E-state index is 11.7. The minimum Gasteiger partial charge on any atom is -0.379 e. The fourth-order valence-electron chi connectivity index (χ4n) is 2.34. The Bertz CT molecular complexity index is 542. The van der Waals surface area contributed by atoms with E-state index in [1.165, 1.54) is 0 Å². The number of halogens is 1. The van der Waals surface area contributed by atoms with Crippen LogP contribution >= 0.6 is 11.6 Å². The van der Waals surface area contributed by atoms with E-state index >= 15 is 0 Å². The Morgan fingerprint density at radius 1 is 1.29 bits per heavy atom. The topological polar surface area (TPSA) is 58.6 Å². The van der Waals surface area contributed by atoms with Gasteiger partial charge in [-0.2, -0.15) is 0 Å². The summed E-state index contributed by atoms with van der Waals surface area (Å²) in [6.45, 7) is 4.92. The van der Waals surface area contributed by atoms with Crippen LogP contribution < -0.4 is 4.72 Å². The molecule has 1 aliphatic heterocycles. The number of ether oxygens (including phenoxy) is 1. The van der Waals surface area contributed by atoms with Crippen LogP contribution in [0.3, 0.4) is 0 Å². The fraction of sp³-hybridized carbons (Fsp3) is 0.571. The number of rotatable bonds is 6. The van der Waals surface area contributed by atoms with Crippen molar-refractivity contribution in [2.24, 2.45) is 0 Å². The Kier molecular flexibility index (Phi) is 6.01. The standard InChI is InChI=1S/C14H21ClN2O3S/c1-2-21(18,19)16-11-14(17-7-9-20-10-8-17)12-3-5-13(15)6-4-12/h3-6,14,16H,2,7-11H2,1H3/t14-/m1/s1. The van der Waals surface area contributed by atoms with Crippen molar-refractivity contribution < 1.29 is 13.2 Å². The number of nitrogens with one attached hydrogen (secondary N) is 1. The molecule has 0 amide bonds. The lowest BCUT2D eigenvalue weighted by atomic mass is 10.1. The molecule has 1 saturated heterocycles. The third kappa shape index (κ3) is 4.93. The molecular formula is C14H21ClN2O3S. The Labute approximate surface area is 131 Å². The van der Waals surface area contributed by atoms with E-state index < -0.39 is 10.0 Å². The number of hydrogen-bond acceptors (Lipinski definition) is 4. The van der Waals surface area contributed by atoms with Gasteiger partial charge in [-0.1, -0.05) is 23.7 Å². The van der Waals surface area contributed by atoms with Gasteiger partial charge in [0.2, 0.25) is 10.0 Å². The Morgan fingerprint density at radius 3 is 2.48 bits per heavy atom. The van der Waals surface area contributed by atoms with Gasteiger partial charge in [-0.05, 0) is 24.6 Å². The summed E-state index contributed by atoms with van der Waals surface area (Å²) in [6.07, 6.45) is 0. The highest BCUT2D eigenvalue weighted by Crippen LogP contribution is 2.23. The molecule has 2 rings (SSSR count). The van der Waals surface area contributed by atoms with Crippen LogP contribution in [0.5, 0.6) is 0 Å². The average molecular weight is 333 g/mol. The van der Waals surface area contributed by atoms with Gasteiger partial charge in [0.1, 0.15) is 0 Å². The summed E-state index contributed by atoms with van der Waals surface area (Å²) in [5.41, 5.74) is 1.06. The molecule has 0 unspecified atom stereocenters. The molecule has 1 aliphatic rings. The van der Waals surface area contributed by atoms with Gasteiger partial charge < -0.3 is 4.74 Å². The van der Waals surface area contributed by atoms with E-state index in [0.29, 0.717) is 24.8 Å². The van der Waals surface area contributed by atoms with Gasteiger partial charge >= 0.3 is 0 Å². The highest BCUT2D eigenvalue weighted by atomic mass is 35.5. The van der Waals surface area contributed by atoms with Crippen molar-refractivity contribution in [1.29, 1.82) is 0 Å². The van der Waals surface area contributed by atoms with Crippen molar-refractivity contribution >= 4 is 21.6 Å². The van der Waals surface area contributed by atoms with Crippen molar-refractivity contribution in [2.45, 2.75) is 13.0 Å². The maximum atomic E-state index is 11.7. The number of benzene rings is 1. The first-order valence-electron chi connectivity index (χ1n) is 7.06. The van der Waals surface area contributed by atoms with Crippen molar-refractivity contribution in [1.82, 2.24) is 9.62 Å². The van der Waals surface area contributed by atoms with E-state index in [-0.39, 0.29) is 11.8 Å². The largest absolute Gasteiger partial charge is 0.379 e. The fourth-order valence-corrected chi connectivity index (χ4v) is 3.08. The molecule has 1 aromatic rings. The van der Waals surface area contributed by atoms with Gasteiger partial charge in [0.15, 0.2) is 0 Å². The van der Waals surface area contributed by atoms with Crippen LogP contribution in [0.15, 0.2) is 24.3 Å². The van der Waals surface area contributed by atoms with Gasteiger partial charge in [-0.15, -0.1) is 0 Å². The zero-order valence-electron chi connectivity index (χ0n) is 12.1. The van der Waals surface area contributed by atoms with Crippen LogP contribution in [0.4, 0.5) is 0 Å². The average Bonchev–Trinajstić information content (AvgIpc) is 2.50. The van der Waals surface area contributed by atoms with E-state index in [1.807, 2.05) is 24.3 Å². The minimum atomic E-state index is -3.20. The first kappa shape index (κ1) is 16.7. The first-order valence-corrected chi connectivity index (χ1v) is 9.09. The predicted molar refractivity (Wildman–Crippen MR) is 84.0 cm³/mol. The lowest BCUT2D eigenvalue weighted by molar-refractivity contribution is 0.0172. The van der Waals surface area contributed by atoms with E-state index in [4.69, 9.17) is 16.3 Å². The van der Waals surface area contributed by atoms with Gasteiger partial charge in [0.25, 0.3) is 0 Å². The van der Waals surface area contributed by atoms with Gasteiger partial charge in [-0.3, -0.25) is 4.90 Å². The van der Waals surface area contributed by atoms with Gasteiger partial charge in [0.05, 0.1) is 19.0 Å². The summed E-state index contributed by atoms with van der Waals surface area (Å²) in [7, 11) is -3.20. The number of morpholine rings is 1. The summed E-state index contributed by atoms with van der Waals surface area (Å²) in [5.74, 6) is 0.0868. The summed E-state index contributed by atoms with van der Waals surface area (Å²) in [5, 5.41) is 0.675. The molecular weight excluding hydrogens is 312 g/mol. The van der Waals surface area contributed by atoms with E-state index in [9.17, 15) is 8.42 Å². The summed E-state index contributed by atoms with van der Waals surface area (Å²) < 4.78 is 31.4. The molecule has 21 heavy (non-hydrogen) atoms. The highest BCUT2D eigenvalue weighted by Gasteiger charge is 2.24. The van der Waals surface area contributed by atoms with Crippen LogP contribution in [0.25, 0.3) is 0 Å². The Hall–Kier alpha value is -0.660. The Balaban J connectivity index is 2.15. The molecule has 0 aromatic heterocycles. The van der Waals surface area contributed by atoms with Crippen LogP contribution in [0.1, 0.15) is 18.5 Å². The van der Waals surface area contributed by atoms with Crippen LogP contribution in [0.2, 0.25) is 5.02 Å². The highest BCUT2D eigenvalue weighted by molar-refractivity contribution is 7.89. The summed E-state index contributed by atoms with van der Waals surface area (Å²) in [6, 6.07) is 7.55. The molecule has 0 radical (unpaired) electrons. The van der Waals surface area contributed by atoms with E-state index in [2.05, 4.69) is 9.62 Å². The van der Waals surface area contributed by atoms with E-state index in [0.717, 1.165) is 18.7 Å². The molecule has 1 fully saturated rings. The molecule has 1 aromatic carbocycles. The predicted octanol–water partition coefficient (Wildman–Crippen LogP) is 1.65.